The van der Waals surface area contributed by atoms with Gasteiger partial charge < -0.3 is 0 Å². The molecule has 0 nitrogen and oxygen atoms in total. The van der Waals surface area contributed by atoms with Gasteiger partial charge in [0.25, 0.3) is 0 Å². The highest BCUT2D eigenvalue weighted by molar-refractivity contribution is 6.18. The zero-order valence-corrected chi connectivity index (χ0v) is 7.69. The summed E-state index contributed by atoms with van der Waals surface area (Å²) in [6.45, 7) is 0. The van der Waals surface area contributed by atoms with Crippen LogP contribution in [0.3, 0.4) is 0 Å². The molecule has 1 aromatic carbocycles. The highest BCUT2D eigenvalue weighted by Gasteiger charge is 2.39. The lowest BCUT2D eigenvalue weighted by Gasteiger charge is -2.00. The topological polar surface area (TPSA) is 0 Å². The Morgan fingerprint density at radius 2 is 2.15 bits per heavy atom. The van der Waals surface area contributed by atoms with Gasteiger partial charge in [-0.15, -0.1) is 11.6 Å². The minimum atomic E-state index is -0.378. The van der Waals surface area contributed by atoms with Gasteiger partial charge >= 0.3 is 0 Å². The Balaban J connectivity index is 2.25. The van der Waals surface area contributed by atoms with Gasteiger partial charge in [0.15, 0.2) is 0 Å². The van der Waals surface area contributed by atoms with Gasteiger partial charge in [0.05, 0.1) is 0 Å². The molecular formula is C10H9ClF2. The van der Waals surface area contributed by atoms with Gasteiger partial charge in [-0.05, 0) is 42.0 Å². The molecule has 2 atom stereocenters. The number of alkyl halides is 1. The van der Waals surface area contributed by atoms with Crippen LogP contribution >= 0.6 is 11.6 Å². The van der Waals surface area contributed by atoms with Gasteiger partial charge in [-0.1, -0.05) is 0 Å². The Bertz CT molecular complexity index is 325. The summed E-state index contributed by atoms with van der Waals surface area (Å²) in [6, 6.07) is 3.58. The van der Waals surface area contributed by atoms with Crippen LogP contribution in [0, 0.1) is 17.6 Å². The Kier molecular flexibility index (Phi) is 2.24. The molecule has 0 aliphatic heterocycles. The van der Waals surface area contributed by atoms with E-state index in [1.807, 2.05) is 0 Å². The fourth-order valence-electron chi connectivity index (χ4n) is 1.60. The van der Waals surface area contributed by atoms with Gasteiger partial charge in [0, 0.05) is 5.88 Å². The van der Waals surface area contributed by atoms with Crippen LogP contribution in [-0.4, -0.2) is 5.88 Å². The number of rotatable bonds is 2. The molecule has 1 aromatic rings. The van der Waals surface area contributed by atoms with E-state index in [4.69, 9.17) is 11.6 Å². The zero-order chi connectivity index (χ0) is 9.42. The molecule has 1 fully saturated rings. The van der Waals surface area contributed by atoms with Crippen LogP contribution < -0.4 is 0 Å². The molecule has 2 rings (SSSR count). The van der Waals surface area contributed by atoms with E-state index < -0.39 is 0 Å². The van der Waals surface area contributed by atoms with E-state index in [1.165, 1.54) is 12.1 Å². The molecule has 0 aromatic heterocycles. The second-order valence-electron chi connectivity index (χ2n) is 3.42. The Labute approximate surface area is 80.5 Å². The predicted molar refractivity (Wildman–Crippen MR) is 47.9 cm³/mol. The van der Waals surface area contributed by atoms with Crippen LogP contribution in [0.2, 0.25) is 0 Å². The zero-order valence-electron chi connectivity index (χ0n) is 6.93. The summed E-state index contributed by atoms with van der Waals surface area (Å²) in [4.78, 5) is 0. The van der Waals surface area contributed by atoms with Crippen LogP contribution in [0.15, 0.2) is 18.2 Å². The van der Waals surface area contributed by atoms with Gasteiger partial charge in [-0.25, -0.2) is 8.78 Å². The second-order valence-corrected chi connectivity index (χ2v) is 3.73. The molecule has 0 saturated heterocycles. The molecule has 13 heavy (non-hydrogen) atoms. The lowest BCUT2D eigenvalue weighted by atomic mass is 10.1. The van der Waals surface area contributed by atoms with Crippen LogP contribution in [0.1, 0.15) is 17.9 Å². The van der Waals surface area contributed by atoms with Crippen molar-refractivity contribution in [3.05, 3.63) is 35.4 Å². The highest BCUT2D eigenvalue weighted by Crippen LogP contribution is 2.48. The first-order chi connectivity index (χ1) is 6.22. The van der Waals surface area contributed by atoms with Gasteiger partial charge in [-0.3, -0.25) is 0 Å². The molecule has 1 aliphatic rings. The average molecular weight is 203 g/mol. The highest BCUT2D eigenvalue weighted by atomic mass is 35.5. The van der Waals surface area contributed by atoms with Gasteiger partial charge in [-0.2, -0.15) is 0 Å². The third-order valence-electron chi connectivity index (χ3n) is 2.48. The largest absolute Gasteiger partial charge is 0.207 e. The maximum Gasteiger partial charge on any atom is 0.126 e. The van der Waals surface area contributed by atoms with Gasteiger partial charge in [0.1, 0.15) is 11.6 Å². The van der Waals surface area contributed by atoms with Crippen molar-refractivity contribution in [3.8, 4) is 0 Å². The number of halogens is 3. The fraction of sp³-hybridized carbons (Fsp3) is 0.400. The predicted octanol–water partition coefficient (Wildman–Crippen LogP) is 3.31. The quantitative estimate of drug-likeness (QED) is 0.646. The van der Waals surface area contributed by atoms with Crippen LogP contribution in [0.4, 0.5) is 8.78 Å². The molecule has 1 aliphatic carbocycles. The first-order valence-corrected chi connectivity index (χ1v) is 4.76. The van der Waals surface area contributed by atoms with Crippen molar-refractivity contribution in [2.45, 2.75) is 12.3 Å². The lowest BCUT2D eigenvalue weighted by Crippen LogP contribution is -1.91. The summed E-state index contributed by atoms with van der Waals surface area (Å²) in [7, 11) is 0. The van der Waals surface area contributed by atoms with Gasteiger partial charge in [0.2, 0.25) is 0 Å². The first kappa shape index (κ1) is 8.95. The van der Waals surface area contributed by atoms with Crippen LogP contribution in [0.25, 0.3) is 0 Å². The summed E-state index contributed by atoms with van der Waals surface area (Å²) in [5, 5.41) is 0. The molecule has 0 bridgehead atoms. The lowest BCUT2D eigenvalue weighted by molar-refractivity contribution is 0.583. The van der Waals surface area contributed by atoms with Crippen molar-refractivity contribution in [3.63, 3.8) is 0 Å². The monoisotopic (exact) mass is 202 g/mol. The fourth-order valence-corrected chi connectivity index (χ4v) is 1.94. The molecule has 0 heterocycles. The average Bonchev–Trinajstić information content (AvgIpc) is 2.88. The minimum absolute atomic E-state index is 0.133. The smallest absolute Gasteiger partial charge is 0.126 e. The molecule has 0 radical (unpaired) electrons. The SMILES string of the molecule is Fc1ccc(F)c(C2CC2CCl)c1. The van der Waals surface area contributed by atoms with Crippen molar-refractivity contribution in [1.29, 1.82) is 0 Å². The molecule has 0 N–H and O–H groups in total. The maximum absolute atomic E-state index is 13.2. The second kappa shape index (κ2) is 3.26. The third kappa shape index (κ3) is 1.68. The maximum atomic E-state index is 13.2. The van der Waals surface area contributed by atoms with Crippen molar-refractivity contribution >= 4 is 11.6 Å². The first-order valence-electron chi connectivity index (χ1n) is 4.23. The molecule has 70 valence electrons. The number of hydrogen-bond donors (Lipinski definition) is 0. The van der Waals surface area contributed by atoms with E-state index in [1.54, 1.807) is 0 Å². The minimum Gasteiger partial charge on any atom is -0.207 e. The van der Waals surface area contributed by atoms with Crippen molar-refractivity contribution in [1.82, 2.24) is 0 Å². The van der Waals surface area contributed by atoms with E-state index in [2.05, 4.69) is 0 Å². The molecule has 1 saturated carbocycles. The van der Waals surface area contributed by atoms with Crippen LogP contribution in [0.5, 0.6) is 0 Å². The van der Waals surface area contributed by atoms with Crippen molar-refractivity contribution in [2.24, 2.45) is 5.92 Å². The molecule has 0 amide bonds. The van der Waals surface area contributed by atoms with Crippen LogP contribution in [-0.2, 0) is 0 Å². The standard InChI is InChI=1S/C10H9ClF2/c11-5-6-3-8(6)9-4-7(12)1-2-10(9)13/h1-2,4,6,8H,3,5H2. The number of benzene rings is 1. The van der Waals surface area contributed by atoms with Crippen molar-refractivity contribution in [2.75, 3.05) is 5.88 Å². The van der Waals surface area contributed by atoms with E-state index in [0.29, 0.717) is 17.4 Å². The molecule has 0 spiro atoms. The summed E-state index contributed by atoms with van der Waals surface area (Å²) >= 11 is 5.62. The van der Waals surface area contributed by atoms with E-state index in [9.17, 15) is 8.78 Å². The molecule has 3 heteroatoms. The summed E-state index contributed by atoms with van der Waals surface area (Å²) in [5.41, 5.74) is 0.477. The number of hydrogen-bond acceptors (Lipinski definition) is 0. The summed E-state index contributed by atoms with van der Waals surface area (Å²) in [6.07, 6.45) is 0.879. The molecule has 2 unspecified atom stereocenters. The summed E-state index contributed by atoms with van der Waals surface area (Å²) < 4.78 is 25.9. The Morgan fingerprint density at radius 1 is 1.38 bits per heavy atom. The van der Waals surface area contributed by atoms with Crippen molar-refractivity contribution < 1.29 is 8.78 Å². The van der Waals surface area contributed by atoms with E-state index in [0.717, 1.165) is 12.5 Å². The Hall–Kier alpha value is -0.630. The third-order valence-corrected chi connectivity index (χ3v) is 2.87. The Morgan fingerprint density at radius 3 is 2.77 bits per heavy atom. The van der Waals surface area contributed by atoms with E-state index >= 15 is 0 Å². The van der Waals surface area contributed by atoms with E-state index in [-0.39, 0.29) is 17.6 Å². The normalized spacial score (nSPS) is 26.1. The summed E-state index contributed by atoms with van der Waals surface area (Å²) in [5.74, 6) is 0.294. The molecular weight excluding hydrogens is 194 g/mol.